The Labute approximate surface area is 204 Å². The van der Waals surface area contributed by atoms with E-state index in [1.54, 1.807) is 15.7 Å². The Morgan fingerprint density at radius 1 is 1.23 bits per heavy atom. The van der Waals surface area contributed by atoms with Crippen molar-refractivity contribution in [2.45, 2.75) is 64.6 Å². The first-order valence-corrected chi connectivity index (χ1v) is 12.4. The van der Waals surface area contributed by atoms with Gasteiger partial charge in [-0.05, 0) is 19.3 Å². The Kier molecular flexibility index (Phi) is 8.22. The second-order valence-electron chi connectivity index (χ2n) is 8.88. The van der Waals surface area contributed by atoms with Crippen molar-refractivity contribution >= 4 is 11.9 Å². The first-order chi connectivity index (χ1) is 17.0. The number of methoxy groups -OCH3 is 1. The standard InChI is InChI=1S/C25H34N4O6/c1-3-21-26-9-12-27(21)11-8-22(30)28-10-7-19-24(25(32)33-2)20(16-23(31)29(19)14-13-28)35-17-18-6-4-5-15-34-18/h9,12,16,18H,3-8,10-11,13-15,17H2,1-2H3/t18-/m1/s1. The molecule has 2 aliphatic heterocycles. The highest BCUT2D eigenvalue weighted by Gasteiger charge is 2.28. The molecule has 1 saturated heterocycles. The number of hydrogen-bond acceptors (Lipinski definition) is 7. The van der Waals surface area contributed by atoms with Crippen LogP contribution in [0.2, 0.25) is 0 Å². The number of rotatable bonds is 8. The van der Waals surface area contributed by atoms with Gasteiger partial charge < -0.3 is 28.2 Å². The lowest BCUT2D eigenvalue weighted by Gasteiger charge is -2.24. The maximum Gasteiger partial charge on any atom is 0.343 e. The number of hydrogen-bond donors (Lipinski definition) is 0. The van der Waals surface area contributed by atoms with Crippen LogP contribution in [0.3, 0.4) is 0 Å². The summed E-state index contributed by atoms with van der Waals surface area (Å²) >= 11 is 0. The molecule has 2 aliphatic rings. The van der Waals surface area contributed by atoms with Crippen LogP contribution in [-0.2, 0) is 40.2 Å². The van der Waals surface area contributed by atoms with Crippen LogP contribution >= 0.6 is 0 Å². The van der Waals surface area contributed by atoms with Crippen LogP contribution in [-0.4, -0.2) is 70.4 Å². The van der Waals surface area contributed by atoms with E-state index in [4.69, 9.17) is 14.2 Å². The monoisotopic (exact) mass is 486 g/mol. The van der Waals surface area contributed by atoms with Crippen molar-refractivity contribution in [3.8, 4) is 5.75 Å². The molecule has 1 fully saturated rings. The molecule has 1 atom stereocenters. The highest BCUT2D eigenvalue weighted by atomic mass is 16.5. The van der Waals surface area contributed by atoms with Crippen molar-refractivity contribution in [3.63, 3.8) is 0 Å². The lowest BCUT2D eigenvalue weighted by atomic mass is 10.1. The van der Waals surface area contributed by atoms with Crippen LogP contribution in [0.25, 0.3) is 0 Å². The average molecular weight is 487 g/mol. The van der Waals surface area contributed by atoms with Crippen LogP contribution in [0, 0.1) is 0 Å². The van der Waals surface area contributed by atoms with Crippen molar-refractivity contribution < 1.29 is 23.8 Å². The zero-order valence-corrected chi connectivity index (χ0v) is 20.5. The number of carbonyl (C=O) groups excluding carboxylic acids is 2. The first-order valence-electron chi connectivity index (χ1n) is 12.4. The average Bonchev–Trinajstić information content (AvgIpc) is 3.22. The Morgan fingerprint density at radius 2 is 2.09 bits per heavy atom. The van der Waals surface area contributed by atoms with Gasteiger partial charge in [0, 0.05) is 76.2 Å². The summed E-state index contributed by atoms with van der Waals surface area (Å²) in [7, 11) is 1.31. The molecule has 0 radical (unpaired) electrons. The van der Waals surface area contributed by atoms with E-state index in [-0.39, 0.29) is 35.5 Å². The van der Waals surface area contributed by atoms with Gasteiger partial charge in [-0.1, -0.05) is 6.92 Å². The van der Waals surface area contributed by atoms with Gasteiger partial charge in [0.25, 0.3) is 5.56 Å². The van der Waals surface area contributed by atoms with Gasteiger partial charge in [0.05, 0.1) is 13.2 Å². The number of aryl methyl sites for hydroxylation is 2. The van der Waals surface area contributed by atoms with Gasteiger partial charge in [-0.3, -0.25) is 9.59 Å². The zero-order chi connectivity index (χ0) is 24.8. The van der Waals surface area contributed by atoms with E-state index in [1.807, 2.05) is 17.7 Å². The number of fused-ring (bicyclic) bond motifs is 1. The summed E-state index contributed by atoms with van der Waals surface area (Å²) in [4.78, 5) is 44.8. The molecule has 0 aromatic carbocycles. The summed E-state index contributed by atoms with van der Waals surface area (Å²) in [5, 5.41) is 0. The van der Waals surface area contributed by atoms with Crippen molar-refractivity contribution in [1.82, 2.24) is 19.0 Å². The molecule has 190 valence electrons. The molecule has 2 aromatic heterocycles. The van der Waals surface area contributed by atoms with Gasteiger partial charge in [0.1, 0.15) is 23.7 Å². The van der Waals surface area contributed by atoms with Crippen molar-refractivity contribution in [1.29, 1.82) is 0 Å². The summed E-state index contributed by atoms with van der Waals surface area (Å²) in [6.07, 6.45) is 8.04. The van der Waals surface area contributed by atoms with Crippen molar-refractivity contribution in [2.75, 3.05) is 33.4 Å². The number of imidazole rings is 1. The predicted octanol–water partition coefficient (Wildman–Crippen LogP) is 1.82. The molecule has 0 aliphatic carbocycles. The van der Waals surface area contributed by atoms with Gasteiger partial charge in [-0.15, -0.1) is 0 Å². The Bertz CT molecular complexity index is 1100. The van der Waals surface area contributed by atoms with E-state index >= 15 is 0 Å². The van der Waals surface area contributed by atoms with Crippen molar-refractivity contribution in [3.05, 3.63) is 45.9 Å². The van der Waals surface area contributed by atoms with E-state index < -0.39 is 5.97 Å². The summed E-state index contributed by atoms with van der Waals surface area (Å²) in [5.41, 5.74) is 0.540. The number of esters is 1. The van der Waals surface area contributed by atoms with Crippen LogP contribution in [0.5, 0.6) is 5.75 Å². The number of aromatic nitrogens is 3. The molecule has 0 spiro atoms. The summed E-state index contributed by atoms with van der Waals surface area (Å²) in [6.45, 7) is 4.65. The fraction of sp³-hybridized carbons (Fsp3) is 0.600. The Balaban J connectivity index is 1.49. The first kappa shape index (κ1) is 25.0. The lowest BCUT2D eigenvalue weighted by Crippen LogP contribution is -2.34. The third-order valence-electron chi connectivity index (χ3n) is 6.72. The van der Waals surface area contributed by atoms with Gasteiger partial charge in [0.2, 0.25) is 5.91 Å². The number of carbonyl (C=O) groups is 2. The van der Waals surface area contributed by atoms with Crippen LogP contribution in [0.1, 0.15) is 54.5 Å². The van der Waals surface area contributed by atoms with Gasteiger partial charge in [-0.25, -0.2) is 9.78 Å². The zero-order valence-electron chi connectivity index (χ0n) is 20.5. The molecular weight excluding hydrogens is 452 g/mol. The molecule has 35 heavy (non-hydrogen) atoms. The molecule has 10 heteroatoms. The third kappa shape index (κ3) is 5.75. The van der Waals surface area contributed by atoms with Crippen LogP contribution < -0.4 is 10.3 Å². The van der Waals surface area contributed by atoms with Crippen molar-refractivity contribution in [2.24, 2.45) is 0 Å². The van der Waals surface area contributed by atoms with E-state index in [1.165, 1.54) is 13.2 Å². The number of ether oxygens (including phenoxy) is 3. The lowest BCUT2D eigenvalue weighted by molar-refractivity contribution is -0.131. The molecule has 4 heterocycles. The minimum absolute atomic E-state index is 0.00662. The molecule has 4 rings (SSSR count). The minimum atomic E-state index is -0.555. The highest BCUT2D eigenvalue weighted by Crippen LogP contribution is 2.25. The highest BCUT2D eigenvalue weighted by molar-refractivity contribution is 5.93. The fourth-order valence-electron chi connectivity index (χ4n) is 4.79. The molecule has 0 saturated carbocycles. The SMILES string of the molecule is CCc1nccn1CCC(=O)N1CCc2c(C(=O)OC)c(OC[C@H]3CCCCO3)cc(=O)n2CC1. The topological polar surface area (TPSA) is 105 Å². The molecule has 0 bridgehead atoms. The number of nitrogens with zero attached hydrogens (tertiary/aromatic N) is 4. The third-order valence-corrected chi connectivity index (χ3v) is 6.72. The molecule has 2 aromatic rings. The minimum Gasteiger partial charge on any atom is -0.490 e. The molecule has 1 amide bonds. The largest absolute Gasteiger partial charge is 0.490 e. The fourth-order valence-corrected chi connectivity index (χ4v) is 4.79. The van der Waals surface area contributed by atoms with Gasteiger partial charge >= 0.3 is 5.97 Å². The normalized spacial score (nSPS) is 18.0. The van der Waals surface area contributed by atoms with Gasteiger partial charge in [-0.2, -0.15) is 0 Å². The summed E-state index contributed by atoms with van der Waals surface area (Å²) < 4.78 is 20.2. The predicted molar refractivity (Wildman–Crippen MR) is 128 cm³/mol. The van der Waals surface area contributed by atoms with E-state index in [0.717, 1.165) is 31.5 Å². The second-order valence-corrected chi connectivity index (χ2v) is 8.88. The van der Waals surface area contributed by atoms with E-state index in [2.05, 4.69) is 4.98 Å². The smallest absolute Gasteiger partial charge is 0.343 e. The van der Waals surface area contributed by atoms with Crippen LogP contribution in [0.15, 0.2) is 23.3 Å². The van der Waals surface area contributed by atoms with Gasteiger partial charge in [0.15, 0.2) is 0 Å². The maximum absolute atomic E-state index is 13.0. The molecule has 0 unspecified atom stereocenters. The molecule has 10 nitrogen and oxygen atoms in total. The van der Waals surface area contributed by atoms with E-state index in [9.17, 15) is 14.4 Å². The summed E-state index contributed by atoms with van der Waals surface area (Å²) in [6, 6.07) is 1.35. The Morgan fingerprint density at radius 3 is 2.83 bits per heavy atom. The molecule has 0 N–H and O–H groups in total. The maximum atomic E-state index is 13.0. The molecular formula is C25H34N4O6. The van der Waals surface area contributed by atoms with E-state index in [0.29, 0.717) is 51.3 Å². The number of pyridine rings is 1. The second kappa shape index (κ2) is 11.5. The Hall–Kier alpha value is -3.14. The quantitative estimate of drug-likeness (QED) is 0.524. The summed E-state index contributed by atoms with van der Waals surface area (Å²) in [5.74, 6) is 0.614. The van der Waals surface area contributed by atoms with Crippen LogP contribution in [0.4, 0.5) is 0 Å². The number of amides is 1.